The zero-order valence-corrected chi connectivity index (χ0v) is 10.0. The molecule has 0 amide bonds. The fraction of sp³-hybridized carbons (Fsp3) is 0.429. The number of furan rings is 1. The van der Waals surface area contributed by atoms with Gasteiger partial charge in [0.2, 0.25) is 0 Å². The van der Waals surface area contributed by atoms with E-state index in [0.29, 0.717) is 23.3 Å². The van der Waals surface area contributed by atoms with Crippen LogP contribution >= 0.6 is 0 Å². The molecule has 1 aromatic carbocycles. The molecule has 1 aliphatic heterocycles. The molecule has 1 fully saturated rings. The number of benzene rings is 1. The number of hydrogen-bond donors (Lipinski definition) is 1. The van der Waals surface area contributed by atoms with Gasteiger partial charge >= 0.3 is 0 Å². The SMILES string of the molecule is Fc1cc(F)c2occc2c1CC1CCCNC1. The number of piperidine rings is 1. The van der Waals surface area contributed by atoms with E-state index in [4.69, 9.17) is 4.42 Å². The first-order valence-electron chi connectivity index (χ1n) is 6.30. The van der Waals surface area contributed by atoms with Gasteiger partial charge in [0, 0.05) is 11.5 Å². The second kappa shape index (κ2) is 4.69. The highest BCUT2D eigenvalue weighted by atomic mass is 19.1. The standard InChI is InChI=1S/C14H15F2NO/c15-12-7-13(16)14-10(3-5-18-14)11(12)6-9-2-1-4-17-8-9/h3,5,7,9,17H,1-2,4,6,8H2. The topological polar surface area (TPSA) is 25.2 Å². The zero-order valence-electron chi connectivity index (χ0n) is 10.0. The van der Waals surface area contributed by atoms with E-state index >= 15 is 0 Å². The molecule has 2 nitrogen and oxygen atoms in total. The monoisotopic (exact) mass is 251 g/mol. The van der Waals surface area contributed by atoms with Gasteiger partial charge in [0.1, 0.15) is 5.82 Å². The Morgan fingerprint density at radius 3 is 3.00 bits per heavy atom. The van der Waals surface area contributed by atoms with Gasteiger partial charge in [-0.15, -0.1) is 0 Å². The highest BCUT2D eigenvalue weighted by Crippen LogP contribution is 2.29. The third-order valence-corrected chi connectivity index (χ3v) is 3.64. The van der Waals surface area contributed by atoms with Crippen LogP contribution in [0.2, 0.25) is 0 Å². The molecule has 1 N–H and O–H groups in total. The van der Waals surface area contributed by atoms with Crippen molar-refractivity contribution in [2.24, 2.45) is 5.92 Å². The lowest BCUT2D eigenvalue weighted by Gasteiger charge is -2.23. The van der Waals surface area contributed by atoms with Crippen LogP contribution in [0, 0.1) is 17.6 Å². The van der Waals surface area contributed by atoms with Gasteiger partial charge in [-0.25, -0.2) is 8.78 Å². The van der Waals surface area contributed by atoms with Gasteiger partial charge in [0.15, 0.2) is 11.4 Å². The third kappa shape index (κ3) is 2.01. The summed E-state index contributed by atoms with van der Waals surface area (Å²) in [5.74, 6) is -0.679. The molecule has 0 aliphatic carbocycles. The molecule has 0 radical (unpaired) electrons. The van der Waals surface area contributed by atoms with Crippen LogP contribution in [0.5, 0.6) is 0 Å². The maximum absolute atomic E-state index is 13.9. The molecule has 1 aromatic heterocycles. The summed E-state index contributed by atoms with van der Waals surface area (Å²) in [6.45, 7) is 1.93. The molecule has 1 saturated heterocycles. The maximum atomic E-state index is 13.9. The molecule has 0 saturated carbocycles. The van der Waals surface area contributed by atoms with E-state index < -0.39 is 11.6 Å². The summed E-state index contributed by atoms with van der Waals surface area (Å²) in [6, 6.07) is 2.57. The molecular formula is C14H15F2NO. The number of nitrogens with one attached hydrogen (secondary N) is 1. The van der Waals surface area contributed by atoms with E-state index in [9.17, 15) is 8.78 Å². The Morgan fingerprint density at radius 1 is 1.33 bits per heavy atom. The average molecular weight is 251 g/mol. The van der Waals surface area contributed by atoms with Crippen LogP contribution in [0.15, 0.2) is 22.8 Å². The number of hydrogen-bond acceptors (Lipinski definition) is 2. The van der Waals surface area contributed by atoms with Crippen molar-refractivity contribution in [1.82, 2.24) is 5.32 Å². The lowest BCUT2D eigenvalue weighted by Crippen LogP contribution is -2.31. The summed E-state index contributed by atoms with van der Waals surface area (Å²) in [4.78, 5) is 0. The first kappa shape index (κ1) is 11.7. The second-order valence-electron chi connectivity index (χ2n) is 4.90. The molecule has 0 spiro atoms. The van der Waals surface area contributed by atoms with E-state index in [1.165, 1.54) is 6.26 Å². The average Bonchev–Trinajstić information content (AvgIpc) is 2.85. The lowest BCUT2D eigenvalue weighted by atomic mass is 9.91. The van der Waals surface area contributed by atoms with Crippen LogP contribution in [-0.4, -0.2) is 13.1 Å². The Balaban J connectivity index is 1.97. The number of fused-ring (bicyclic) bond motifs is 1. The predicted octanol–water partition coefficient (Wildman–Crippen LogP) is 3.25. The Bertz CT molecular complexity index is 558. The van der Waals surface area contributed by atoms with Crippen LogP contribution < -0.4 is 5.32 Å². The minimum atomic E-state index is -0.627. The quantitative estimate of drug-likeness (QED) is 0.886. The van der Waals surface area contributed by atoms with E-state index in [2.05, 4.69) is 5.32 Å². The van der Waals surface area contributed by atoms with Crippen molar-refractivity contribution in [3.8, 4) is 0 Å². The first-order chi connectivity index (χ1) is 8.75. The summed E-state index contributed by atoms with van der Waals surface area (Å²) in [7, 11) is 0. The van der Waals surface area contributed by atoms with Gasteiger partial charge in [-0.05, 0) is 49.9 Å². The van der Waals surface area contributed by atoms with Crippen molar-refractivity contribution in [2.75, 3.05) is 13.1 Å². The minimum Gasteiger partial charge on any atom is -0.461 e. The van der Waals surface area contributed by atoms with Crippen LogP contribution in [-0.2, 0) is 6.42 Å². The molecule has 2 heterocycles. The van der Waals surface area contributed by atoms with Gasteiger partial charge in [0.05, 0.1) is 6.26 Å². The lowest BCUT2D eigenvalue weighted by molar-refractivity contribution is 0.372. The molecule has 1 unspecified atom stereocenters. The van der Waals surface area contributed by atoms with Gasteiger partial charge in [-0.1, -0.05) is 0 Å². The van der Waals surface area contributed by atoms with Gasteiger partial charge in [0.25, 0.3) is 0 Å². The fourth-order valence-corrected chi connectivity index (χ4v) is 2.72. The van der Waals surface area contributed by atoms with Gasteiger partial charge < -0.3 is 9.73 Å². The van der Waals surface area contributed by atoms with E-state index in [1.54, 1.807) is 6.07 Å². The first-order valence-corrected chi connectivity index (χ1v) is 6.30. The zero-order chi connectivity index (χ0) is 12.5. The van der Waals surface area contributed by atoms with E-state index in [0.717, 1.165) is 32.0 Å². The third-order valence-electron chi connectivity index (χ3n) is 3.64. The summed E-state index contributed by atoms with van der Waals surface area (Å²) in [5.41, 5.74) is 0.740. The summed E-state index contributed by atoms with van der Waals surface area (Å²) in [6.07, 6.45) is 4.25. The highest BCUT2D eigenvalue weighted by molar-refractivity contribution is 5.81. The highest BCUT2D eigenvalue weighted by Gasteiger charge is 2.20. The molecule has 1 aliphatic rings. The summed E-state index contributed by atoms with van der Waals surface area (Å²) < 4.78 is 32.5. The summed E-state index contributed by atoms with van der Waals surface area (Å²) >= 11 is 0. The molecule has 96 valence electrons. The van der Waals surface area contributed by atoms with Crippen LogP contribution in [0.4, 0.5) is 8.78 Å². The minimum absolute atomic E-state index is 0.162. The van der Waals surface area contributed by atoms with Crippen molar-refractivity contribution in [1.29, 1.82) is 0 Å². The Kier molecular flexibility index (Phi) is 3.04. The molecule has 2 aromatic rings. The molecule has 18 heavy (non-hydrogen) atoms. The van der Waals surface area contributed by atoms with Crippen LogP contribution in [0.1, 0.15) is 18.4 Å². The predicted molar refractivity (Wildman–Crippen MR) is 65.4 cm³/mol. The van der Waals surface area contributed by atoms with Crippen molar-refractivity contribution in [3.63, 3.8) is 0 Å². The smallest absolute Gasteiger partial charge is 0.169 e. The maximum Gasteiger partial charge on any atom is 0.169 e. The van der Waals surface area contributed by atoms with Crippen molar-refractivity contribution >= 4 is 11.0 Å². The number of rotatable bonds is 2. The van der Waals surface area contributed by atoms with Crippen molar-refractivity contribution in [3.05, 3.63) is 35.6 Å². The normalized spacial score (nSPS) is 20.4. The molecule has 3 rings (SSSR count). The fourth-order valence-electron chi connectivity index (χ4n) is 2.72. The van der Waals surface area contributed by atoms with Crippen LogP contribution in [0.3, 0.4) is 0 Å². The van der Waals surface area contributed by atoms with E-state index in [1.807, 2.05) is 0 Å². The van der Waals surface area contributed by atoms with Gasteiger partial charge in [-0.2, -0.15) is 0 Å². The van der Waals surface area contributed by atoms with Crippen molar-refractivity contribution in [2.45, 2.75) is 19.3 Å². The molecule has 0 bridgehead atoms. The van der Waals surface area contributed by atoms with E-state index in [-0.39, 0.29) is 5.58 Å². The summed E-state index contributed by atoms with van der Waals surface area (Å²) in [5, 5.41) is 3.88. The Hall–Kier alpha value is -1.42. The Morgan fingerprint density at radius 2 is 2.22 bits per heavy atom. The molecule has 4 heteroatoms. The van der Waals surface area contributed by atoms with Crippen LogP contribution in [0.25, 0.3) is 11.0 Å². The van der Waals surface area contributed by atoms with Crippen molar-refractivity contribution < 1.29 is 13.2 Å². The second-order valence-corrected chi connectivity index (χ2v) is 4.90. The molecule has 1 atom stereocenters. The van der Waals surface area contributed by atoms with Gasteiger partial charge in [-0.3, -0.25) is 0 Å². The largest absolute Gasteiger partial charge is 0.461 e. The Labute approximate surface area is 104 Å². The molecular weight excluding hydrogens is 236 g/mol. The number of halogens is 2.